The van der Waals surface area contributed by atoms with Crippen LogP contribution in [0.3, 0.4) is 0 Å². The van der Waals surface area contributed by atoms with Gasteiger partial charge >= 0.3 is 5.97 Å². The van der Waals surface area contributed by atoms with Crippen molar-refractivity contribution in [3.05, 3.63) is 46.7 Å². The molecule has 1 aromatic carbocycles. The first-order valence-electron chi connectivity index (χ1n) is 10.0. The minimum absolute atomic E-state index is 0.0537. The van der Waals surface area contributed by atoms with Crippen LogP contribution in [0.1, 0.15) is 66.3 Å². The van der Waals surface area contributed by atoms with Crippen LogP contribution < -0.4 is 5.32 Å². The number of fused-ring (bicyclic) bond motifs is 1. The van der Waals surface area contributed by atoms with Gasteiger partial charge in [0.15, 0.2) is 17.7 Å². The third kappa shape index (κ3) is 5.53. The first kappa shape index (κ1) is 20.8. The standard InChI is InChI=1S/C22H26N2O5/c1-3-19(22(27)23-20-12-14(2)29-24-20)28-21(26)11-10-18(25)17-9-8-15-6-4-5-7-16(15)13-17/h8-9,12-13,19H,3-7,10-11H2,1-2H3,(H,23,24,27). The highest BCUT2D eigenvalue weighted by Gasteiger charge is 2.23. The second kappa shape index (κ2) is 9.49. The van der Waals surface area contributed by atoms with Gasteiger partial charge in [0.1, 0.15) is 5.76 Å². The summed E-state index contributed by atoms with van der Waals surface area (Å²) >= 11 is 0. The highest BCUT2D eigenvalue weighted by molar-refractivity contribution is 5.98. The second-order valence-corrected chi connectivity index (χ2v) is 7.31. The minimum atomic E-state index is -0.946. The average molecular weight is 398 g/mol. The van der Waals surface area contributed by atoms with Crippen LogP contribution in [0, 0.1) is 6.92 Å². The van der Waals surface area contributed by atoms with Gasteiger partial charge in [-0.05, 0) is 56.2 Å². The smallest absolute Gasteiger partial charge is 0.307 e. The number of ether oxygens (including phenoxy) is 1. The van der Waals surface area contributed by atoms with Gasteiger partial charge in [-0.3, -0.25) is 14.4 Å². The van der Waals surface area contributed by atoms with E-state index in [0.717, 1.165) is 19.3 Å². The number of ketones is 1. The first-order chi connectivity index (χ1) is 14.0. The summed E-state index contributed by atoms with van der Waals surface area (Å²) in [5, 5.41) is 6.23. The Hall–Kier alpha value is -2.96. The number of rotatable bonds is 8. The summed E-state index contributed by atoms with van der Waals surface area (Å²) in [6.07, 6.45) is 3.74. The molecule has 1 aliphatic carbocycles. The van der Waals surface area contributed by atoms with E-state index in [2.05, 4.69) is 10.5 Å². The zero-order valence-electron chi connectivity index (χ0n) is 16.8. The van der Waals surface area contributed by atoms with Gasteiger partial charge in [-0.1, -0.05) is 24.2 Å². The molecule has 1 amide bonds. The van der Waals surface area contributed by atoms with Crippen LogP contribution in [0.4, 0.5) is 5.82 Å². The van der Waals surface area contributed by atoms with Crippen molar-refractivity contribution in [3.8, 4) is 0 Å². The van der Waals surface area contributed by atoms with E-state index in [1.807, 2.05) is 18.2 Å². The molecule has 0 spiro atoms. The number of hydrogen-bond acceptors (Lipinski definition) is 6. The van der Waals surface area contributed by atoms with Gasteiger partial charge in [-0.2, -0.15) is 0 Å². The molecule has 7 heteroatoms. The van der Waals surface area contributed by atoms with Crippen molar-refractivity contribution in [2.75, 3.05) is 5.32 Å². The van der Waals surface area contributed by atoms with Crippen LogP contribution in [-0.2, 0) is 27.2 Å². The van der Waals surface area contributed by atoms with Crippen LogP contribution in [-0.4, -0.2) is 28.9 Å². The molecule has 0 radical (unpaired) electrons. The van der Waals surface area contributed by atoms with Crippen LogP contribution in [0.25, 0.3) is 0 Å². The Morgan fingerprint density at radius 2 is 1.90 bits per heavy atom. The molecule has 1 N–H and O–H groups in total. The van der Waals surface area contributed by atoms with Crippen molar-refractivity contribution in [2.24, 2.45) is 0 Å². The molecule has 0 aliphatic heterocycles. The van der Waals surface area contributed by atoms with Gasteiger partial charge in [-0.15, -0.1) is 0 Å². The monoisotopic (exact) mass is 398 g/mol. The Morgan fingerprint density at radius 3 is 2.59 bits per heavy atom. The number of amides is 1. The van der Waals surface area contributed by atoms with Gasteiger partial charge < -0.3 is 14.6 Å². The Bertz CT molecular complexity index is 902. The minimum Gasteiger partial charge on any atom is -0.452 e. The van der Waals surface area contributed by atoms with E-state index in [1.54, 1.807) is 19.9 Å². The molecule has 154 valence electrons. The molecule has 1 heterocycles. The number of hydrogen-bond donors (Lipinski definition) is 1. The maximum absolute atomic E-state index is 12.5. The molecule has 0 fully saturated rings. The Balaban J connectivity index is 1.50. The molecule has 2 aromatic rings. The topological polar surface area (TPSA) is 98.5 Å². The van der Waals surface area contributed by atoms with E-state index in [4.69, 9.17) is 9.26 Å². The maximum atomic E-state index is 12.5. The number of benzene rings is 1. The molecule has 3 rings (SSSR count). The lowest BCUT2D eigenvalue weighted by atomic mass is 9.89. The van der Waals surface area contributed by atoms with E-state index in [-0.39, 0.29) is 24.4 Å². The number of aryl methyl sites for hydroxylation is 3. The van der Waals surface area contributed by atoms with Gasteiger partial charge in [-0.25, -0.2) is 0 Å². The Labute approximate surface area is 169 Å². The Kier molecular flexibility index (Phi) is 6.80. The zero-order valence-corrected chi connectivity index (χ0v) is 16.8. The molecule has 0 bridgehead atoms. The molecular weight excluding hydrogens is 372 g/mol. The van der Waals surface area contributed by atoms with Crippen molar-refractivity contribution in [1.82, 2.24) is 5.16 Å². The lowest BCUT2D eigenvalue weighted by Crippen LogP contribution is -2.32. The number of aromatic nitrogens is 1. The van der Waals surface area contributed by atoms with Crippen molar-refractivity contribution in [3.63, 3.8) is 0 Å². The van der Waals surface area contributed by atoms with Crippen LogP contribution >= 0.6 is 0 Å². The lowest BCUT2D eigenvalue weighted by molar-refractivity contribution is -0.154. The van der Waals surface area contributed by atoms with Gasteiger partial charge in [0, 0.05) is 18.1 Å². The van der Waals surface area contributed by atoms with Crippen molar-refractivity contribution in [2.45, 2.75) is 64.9 Å². The molecule has 7 nitrogen and oxygen atoms in total. The second-order valence-electron chi connectivity index (χ2n) is 7.31. The van der Waals surface area contributed by atoms with Crippen molar-refractivity contribution >= 4 is 23.5 Å². The SMILES string of the molecule is CCC(OC(=O)CCC(=O)c1ccc2c(c1)CCCC2)C(=O)Nc1cc(C)on1. The third-order valence-electron chi connectivity index (χ3n) is 5.04. The quantitative estimate of drug-likeness (QED) is 0.537. The predicted molar refractivity (Wildman–Crippen MR) is 107 cm³/mol. The number of esters is 1. The number of carbonyl (C=O) groups excluding carboxylic acids is 3. The van der Waals surface area contributed by atoms with E-state index in [1.165, 1.54) is 17.5 Å². The lowest BCUT2D eigenvalue weighted by Gasteiger charge is -2.16. The molecule has 1 aliphatic rings. The van der Waals surface area contributed by atoms with E-state index in [0.29, 0.717) is 17.7 Å². The molecular formula is C22H26N2O5. The third-order valence-corrected chi connectivity index (χ3v) is 5.04. The fraction of sp³-hybridized carbons (Fsp3) is 0.455. The van der Waals surface area contributed by atoms with Crippen LogP contribution in [0.15, 0.2) is 28.8 Å². The summed E-state index contributed by atoms with van der Waals surface area (Å²) in [6.45, 7) is 3.45. The van der Waals surface area contributed by atoms with E-state index < -0.39 is 18.0 Å². The molecule has 29 heavy (non-hydrogen) atoms. The average Bonchev–Trinajstić information content (AvgIpc) is 3.14. The fourth-order valence-electron chi connectivity index (χ4n) is 3.44. The van der Waals surface area contributed by atoms with Crippen molar-refractivity contribution in [1.29, 1.82) is 0 Å². The number of nitrogens with zero attached hydrogens (tertiary/aromatic N) is 1. The van der Waals surface area contributed by atoms with Gasteiger partial charge in [0.05, 0.1) is 6.42 Å². The first-order valence-corrected chi connectivity index (χ1v) is 10.0. The number of anilines is 1. The normalized spacial score (nSPS) is 14.0. The maximum Gasteiger partial charge on any atom is 0.307 e. The summed E-state index contributed by atoms with van der Waals surface area (Å²) in [4.78, 5) is 36.9. The molecule has 1 aromatic heterocycles. The Morgan fingerprint density at radius 1 is 1.14 bits per heavy atom. The highest BCUT2D eigenvalue weighted by atomic mass is 16.5. The largest absolute Gasteiger partial charge is 0.452 e. The van der Waals surface area contributed by atoms with Crippen molar-refractivity contribution < 1.29 is 23.6 Å². The summed E-state index contributed by atoms with van der Waals surface area (Å²) in [7, 11) is 0. The summed E-state index contributed by atoms with van der Waals surface area (Å²) in [6, 6.07) is 7.37. The summed E-state index contributed by atoms with van der Waals surface area (Å²) in [5.74, 6) is -0.314. The van der Waals surface area contributed by atoms with Gasteiger partial charge in [0.2, 0.25) is 0 Å². The van der Waals surface area contributed by atoms with E-state index >= 15 is 0 Å². The number of nitrogens with one attached hydrogen (secondary N) is 1. The number of carbonyl (C=O) groups is 3. The summed E-state index contributed by atoms with van der Waals surface area (Å²) in [5.41, 5.74) is 3.17. The van der Waals surface area contributed by atoms with E-state index in [9.17, 15) is 14.4 Å². The fourth-order valence-corrected chi connectivity index (χ4v) is 3.44. The predicted octanol–water partition coefficient (Wildman–Crippen LogP) is 3.79. The highest BCUT2D eigenvalue weighted by Crippen LogP contribution is 2.23. The molecule has 1 atom stereocenters. The van der Waals surface area contributed by atoms with Crippen LogP contribution in [0.2, 0.25) is 0 Å². The van der Waals surface area contributed by atoms with Gasteiger partial charge in [0.25, 0.3) is 5.91 Å². The number of Topliss-reactive ketones (excluding diaryl/α,β-unsaturated/α-hetero) is 1. The zero-order chi connectivity index (χ0) is 20.8. The molecule has 1 unspecified atom stereocenters. The van der Waals surface area contributed by atoms with Crippen LogP contribution in [0.5, 0.6) is 0 Å². The molecule has 0 saturated carbocycles. The summed E-state index contributed by atoms with van der Waals surface area (Å²) < 4.78 is 10.1. The molecule has 0 saturated heterocycles.